The summed E-state index contributed by atoms with van der Waals surface area (Å²) < 4.78 is 1.12. The monoisotopic (exact) mass is 362 g/mol. The lowest BCUT2D eigenvalue weighted by atomic mass is 10.2. The molecule has 3 N–H and O–H groups in total. The molecule has 1 rings (SSSR count). The normalized spacial score (nSPS) is 9.94. The predicted octanol–water partition coefficient (Wildman–Crippen LogP) is 2.48. The third-order valence-electron chi connectivity index (χ3n) is 2.24. The van der Waals surface area contributed by atoms with Crippen molar-refractivity contribution in [1.29, 1.82) is 0 Å². The van der Waals surface area contributed by atoms with E-state index in [2.05, 4.69) is 27.9 Å². The molecule has 3 nitrogen and oxygen atoms in total. The van der Waals surface area contributed by atoms with Crippen LogP contribution < -0.4 is 11.1 Å². The highest BCUT2D eigenvalue weighted by Crippen LogP contribution is 2.06. The van der Waals surface area contributed by atoms with Gasteiger partial charge in [0.2, 0.25) is 0 Å². The van der Waals surface area contributed by atoms with E-state index in [1.165, 1.54) is 0 Å². The highest BCUT2D eigenvalue weighted by atomic mass is 127. The average Bonchev–Trinajstić information content (AvgIpc) is 2.29. The van der Waals surface area contributed by atoms with Gasteiger partial charge in [-0.15, -0.1) is 0 Å². The van der Waals surface area contributed by atoms with Gasteiger partial charge in [-0.05, 0) is 66.1 Å². The van der Waals surface area contributed by atoms with E-state index in [-0.39, 0.29) is 5.91 Å². The second-order valence-corrected chi connectivity index (χ2v) is 5.46. The average molecular weight is 362 g/mol. The summed E-state index contributed by atoms with van der Waals surface area (Å²) in [4.78, 5) is 12.2. The highest BCUT2D eigenvalue weighted by molar-refractivity contribution is 14.1. The van der Waals surface area contributed by atoms with E-state index < -0.39 is 0 Å². The molecule has 17 heavy (non-hydrogen) atoms. The van der Waals surface area contributed by atoms with Gasteiger partial charge < -0.3 is 11.1 Å². The molecule has 1 amide bonds. The number of carbonyl (C=O) groups excluding carboxylic acids is 1. The van der Waals surface area contributed by atoms with Crippen LogP contribution in [0.3, 0.4) is 0 Å². The van der Waals surface area contributed by atoms with Gasteiger partial charge in [-0.3, -0.25) is 4.79 Å². The van der Waals surface area contributed by atoms with Crippen molar-refractivity contribution >= 4 is 45.7 Å². The summed E-state index contributed by atoms with van der Waals surface area (Å²) in [6, 6.07) is 7.49. The van der Waals surface area contributed by atoms with Crippen molar-refractivity contribution in [3.8, 4) is 0 Å². The first-order valence-electron chi connectivity index (χ1n) is 5.41. The van der Waals surface area contributed by atoms with E-state index in [1.54, 1.807) is 0 Å². The standard InChI is InChI=1S/C12H15IN2OS/c13-10-6-4-9(5-7-10)12(16)15-8-2-1-3-11(14)17/h4-7H,1-3,8H2,(H2,14,17)(H,15,16). The molecule has 92 valence electrons. The Labute approximate surface area is 120 Å². The molecule has 0 bridgehead atoms. The van der Waals surface area contributed by atoms with Crippen LogP contribution in [-0.2, 0) is 0 Å². The fourth-order valence-electron chi connectivity index (χ4n) is 1.33. The third kappa shape index (κ3) is 5.97. The van der Waals surface area contributed by atoms with E-state index in [0.717, 1.165) is 22.8 Å². The number of halogens is 1. The van der Waals surface area contributed by atoms with Gasteiger partial charge in [0.1, 0.15) is 0 Å². The van der Waals surface area contributed by atoms with E-state index in [1.807, 2.05) is 24.3 Å². The van der Waals surface area contributed by atoms with E-state index >= 15 is 0 Å². The van der Waals surface area contributed by atoms with Gasteiger partial charge in [0.25, 0.3) is 5.91 Å². The van der Waals surface area contributed by atoms with Crippen molar-refractivity contribution in [2.75, 3.05) is 6.54 Å². The number of hydrogen-bond donors (Lipinski definition) is 2. The minimum Gasteiger partial charge on any atom is -0.393 e. The zero-order valence-electron chi connectivity index (χ0n) is 9.41. The van der Waals surface area contributed by atoms with Gasteiger partial charge in [-0.1, -0.05) is 12.2 Å². The Kier molecular flexibility index (Phi) is 6.43. The molecule has 5 heteroatoms. The molecule has 0 unspecified atom stereocenters. The molecule has 1 aromatic rings. The van der Waals surface area contributed by atoms with Crippen LogP contribution in [0.15, 0.2) is 24.3 Å². The lowest BCUT2D eigenvalue weighted by Gasteiger charge is -2.05. The molecule has 0 fully saturated rings. The predicted molar refractivity (Wildman–Crippen MR) is 82.1 cm³/mol. The molecule has 0 aliphatic rings. The zero-order valence-corrected chi connectivity index (χ0v) is 12.4. The Morgan fingerprint density at radius 3 is 2.53 bits per heavy atom. The third-order valence-corrected chi connectivity index (χ3v) is 3.17. The smallest absolute Gasteiger partial charge is 0.251 e. The van der Waals surface area contributed by atoms with Gasteiger partial charge in [0.15, 0.2) is 0 Å². The molecule has 0 saturated carbocycles. The van der Waals surface area contributed by atoms with E-state index in [9.17, 15) is 4.79 Å². The first-order chi connectivity index (χ1) is 8.09. The van der Waals surface area contributed by atoms with E-state index in [4.69, 9.17) is 18.0 Å². The van der Waals surface area contributed by atoms with Crippen LogP contribution in [0.4, 0.5) is 0 Å². The maximum absolute atomic E-state index is 11.7. The van der Waals surface area contributed by atoms with Crippen molar-refractivity contribution < 1.29 is 4.79 Å². The molecule has 0 aromatic heterocycles. The summed E-state index contributed by atoms with van der Waals surface area (Å²) in [6.45, 7) is 0.660. The molecule has 0 saturated heterocycles. The van der Waals surface area contributed by atoms with Crippen LogP contribution in [-0.4, -0.2) is 17.4 Å². The second-order valence-electron chi connectivity index (χ2n) is 3.69. The molecule has 0 aliphatic carbocycles. The van der Waals surface area contributed by atoms with Gasteiger partial charge in [-0.2, -0.15) is 0 Å². The first kappa shape index (κ1) is 14.4. The number of nitrogens with one attached hydrogen (secondary N) is 1. The van der Waals surface area contributed by atoms with Crippen LogP contribution in [0.25, 0.3) is 0 Å². The van der Waals surface area contributed by atoms with Crippen molar-refractivity contribution in [2.45, 2.75) is 19.3 Å². The molecule has 0 spiro atoms. The molecule has 0 aliphatic heterocycles. The topological polar surface area (TPSA) is 55.1 Å². The summed E-state index contributed by atoms with van der Waals surface area (Å²) >= 11 is 6.99. The fourth-order valence-corrected chi connectivity index (χ4v) is 1.83. The molecule has 0 heterocycles. The largest absolute Gasteiger partial charge is 0.393 e. The number of unbranched alkanes of at least 4 members (excludes halogenated alkanes) is 1. The lowest BCUT2D eigenvalue weighted by molar-refractivity contribution is 0.0953. The molecule has 0 atom stereocenters. The van der Waals surface area contributed by atoms with Gasteiger partial charge in [0.05, 0.1) is 4.99 Å². The number of benzene rings is 1. The van der Waals surface area contributed by atoms with E-state index in [0.29, 0.717) is 17.1 Å². The Hall–Kier alpha value is -0.690. The molecular formula is C12H15IN2OS. The Balaban J connectivity index is 2.25. The SMILES string of the molecule is NC(=S)CCCCNC(=O)c1ccc(I)cc1. The van der Waals surface area contributed by atoms with Gasteiger partial charge >= 0.3 is 0 Å². The van der Waals surface area contributed by atoms with Crippen LogP contribution >= 0.6 is 34.8 Å². The number of hydrogen-bond acceptors (Lipinski definition) is 2. The Bertz CT molecular complexity index is 392. The summed E-state index contributed by atoms with van der Waals surface area (Å²) in [5.41, 5.74) is 6.08. The minimum atomic E-state index is -0.0308. The van der Waals surface area contributed by atoms with Crippen LogP contribution in [0.2, 0.25) is 0 Å². The summed E-state index contributed by atoms with van der Waals surface area (Å²) in [5, 5.41) is 2.87. The first-order valence-corrected chi connectivity index (χ1v) is 6.90. The van der Waals surface area contributed by atoms with Crippen molar-refractivity contribution in [3.05, 3.63) is 33.4 Å². The Morgan fingerprint density at radius 2 is 1.94 bits per heavy atom. The van der Waals surface area contributed by atoms with Crippen LogP contribution in [0.5, 0.6) is 0 Å². The lowest BCUT2D eigenvalue weighted by Crippen LogP contribution is -2.24. The summed E-state index contributed by atoms with van der Waals surface area (Å²) in [7, 11) is 0. The van der Waals surface area contributed by atoms with Crippen molar-refractivity contribution in [2.24, 2.45) is 5.73 Å². The van der Waals surface area contributed by atoms with Crippen molar-refractivity contribution in [3.63, 3.8) is 0 Å². The molecular weight excluding hydrogens is 347 g/mol. The van der Waals surface area contributed by atoms with Crippen molar-refractivity contribution in [1.82, 2.24) is 5.32 Å². The number of rotatable bonds is 6. The van der Waals surface area contributed by atoms with Crippen LogP contribution in [0, 0.1) is 3.57 Å². The number of thiocarbonyl (C=S) groups is 1. The fraction of sp³-hybridized carbons (Fsp3) is 0.333. The maximum atomic E-state index is 11.7. The van der Waals surface area contributed by atoms with Crippen LogP contribution in [0.1, 0.15) is 29.6 Å². The number of nitrogens with two attached hydrogens (primary N) is 1. The maximum Gasteiger partial charge on any atom is 0.251 e. The minimum absolute atomic E-state index is 0.0308. The summed E-state index contributed by atoms with van der Waals surface area (Å²) in [5.74, 6) is -0.0308. The molecule has 0 radical (unpaired) electrons. The summed E-state index contributed by atoms with van der Waals surface area (Å²) in [6.07, 6.45) is 2.56. The van der Waals surface area contributed by atoms with Gasteiger partial charge in [0, 0.05) is 15.7 Å². The number of amides is 1. The molecule has 1 aromatic carbocycles. The number of carbonyl (C=O) groups is 1. The quantitative estimate of drug-likeness (QED) is 0.465. The second kappa shape index (κ2) is 7.60. The zero-order chi connectivity index (χ0) is 12.7. The van der Waals surface area contributed by atoms with Gasteiger partial charge in [-0.25, -0.2) is 0 Å². The highest BCUT2D eigenvalue weighted by Gasteiger charge is 2.03. The Morgan fingerprint density at radius 1 is 1.29 bits per heavy atom.